The lowest BCUT2D eigenvalue weighted by atomic mass is 10.1. The molecule has 0 aliphatic heterocycles. The van der Waals surface area contributed by atoms with Crippen LogP contribution < -0.4 is 5.32 Å². The van der Waals surface area contributed by atoms with E-state index < -0.39 is 0 Å². The summed E-state index contributed by atoms with van der Waals surface area (Å²) < 4.78 is 0. The molecule has 3 rings (SSSR count). The van der Waals surface area contributed by atoms with E-state index in [9.17, 15) is 4.79 Å². The highest BCUT2D eigenvalue weighted by atomic mass is 35.5. The molecule has 23 heavy (non-hydrogen) atoms. The van der Waals surface area contributed by atoms with Crippen LogP contribution in [0.25, 0.3) is 10.9 Å². The fourth-order valence-electron chi connectivity index (χ4n) is 2.54. The number of nitrogens with one attached hydrogen (secondary N) is 1. The Morgan fingerprint density at radius 3 is 2.43 bits per heavy atom. The molecule has 3 aromatic rings. The highest BCUT2D eigenvalue weighted by Gasteiger charge is 2.12. The van der Waals surface area contributed by atoms with Gasteiger partial charge in [-0.25, -0.2) is 0 Å². The molecule has 2 aromatic carbocycles. The standard InChI is InChI=1S/C19H17ClN2O/c1-11-4-6-14(7-5-11)19(23)22-17-10-12(2)21-18-13(3)16(20)9-8-15(17)18/h4-10H,1-3H3,(H,21,22,23). The van der Waals surface area contributed by atoms with Gasteiger partial charge in [-0.2, -0.15) is 0 Å². The Balaban J connectivity index is 2.04. The topological polar surface area (TPSA) is 42.0 Å². The summed E-state index contributed by atoms with van der Waals surface area (Å²) in [5.74, 6) is -0.135. The molecule has 116 valence electrons. The third-order valence-electron chi connectivity index (χ3n) is 3.86. The molecule has 0 spiro atoms. The molecule has 1 amide bonds. The van der Waals surface area contributed by atoms with Crippen molar-refractivity contribution in [3.63, 3.8) is 0 Å². The van der Waals surface area contributed by atoms with Crippen LogP contribution in [0.15, 0.2) is 42.5 Å². The minimum atomic E-state index is -0.135. The minimum Gasteiger partial charge on any atom is -0.321 e. The molecule has 0 fully saturated rings. The van der Waals surface area contributed by atoms with Crippen LogP contribution in [0.4, 0.5) is 5.69 Å². The zero-order chi connectivity index (χ0) is 16.6. The summed E-state index contributed by atoms with van der Waals surface area (Å²) in [6, 6.07) is 13.1. The van der Waals surface area contributed by atoms with Crippen LogP contribution >= 0.6 is 11.6 Å². The van der Waals surface area contributed by atoms with Gasteiger partial charge in [0.1, 0.15) is 0 Å². The average Bonchev–Trinajstić information content (AvgIpc) is 2.52. The Kier molecular flexibility index (Phi) is 4.05. The number of halogens is 1. The second kappa shape index (κ2) is 6.01. The zero-order valence-corrected chi connectivity index (χ0v) is 14.0. The highest BCUT2D eigenvalue weighted by molar-refractivity contribution is 6.32. The van der Waals surface area contributed by atoms with Gasteiger partial charge in [0.25, 0.3) is 5.91 Å². The first-order valence-electron chi connectivity index (χ1n) is 7.40. The zero-order valence-electron chi connectivity index (χ0n) is 13.3. The number of aromatic nitrogens is 1. The minimum absolute atomic E-state index is 0.135. The number of hydrogen-bond donors (Lipinski definition) is 1. The predicted octanol–water partition coefficient (Wildman–Crippen LogP) is 5.07. The third kappa shape index (κ3) is 3.06. The highest BCUT2D eigenvalue weighted by Crippen LogP contribution is 2.30. The number of aryl methyl sites for hydroxylation is 3. The van der Waals surface area contributed by atoms with E-state index in [0.29, 0.717) is 10.6 Å². The van der Waals surface area contributed by atoms with Gasteiger partial charge in [0.2, 0.25) is 0 Å². The molecule has 0 saturated carbocycles. The maximum atomic E-state index is 12.5. The number of benzene rings is 2. The lowest BCUT2D eigenvalue weighted by Crippen LogP contribution is -2.12. The number of pyridine rings is 1. The van der Waals surface area contributed by atoms with Gasteiger partial charge in [-0.15, -0.1) is 0 Å². The van der Waals surface area contributed by atoms with E-state index >= 15 is 0 Å². The number of carbonyl (C=O) groups is 1. The molecule has 1 heterocycles. The summed E-state index contributed by atoms with van der Waals surface area (Å²) in [6.45, 7) is 5.83. The van der Waals surface area contributed by atoms with E-state index in [0.717, 1.165) is 33.4 Å². The molecule has 1 aromatic heterocycles. The Morgan fingerprint density at radius 1 is 1.04 bits per heavy atom. The van der Waals surface area contributed by atoms with Crippen molar-refractivity contribution in [3.05, 3.63) is 69.9 Å². The van der Waals surface area contributed by atoms with Crippen molar-refractivity contribution in [2.75, 3.05) is 5.32 Å². The number of anilines is 1. The Bertz CT molecular complexity index is 901. The molecule has 1 N–H and O–H groups in total. The van der Waals surface area contributed by atoms with Crippen LogP contribution in [-0.4, -0.2) is 10.9 Å². The van der Waals surface area contributed by atoms with Crippen LogP contribution in [0.1, 0.15) is 27.2 Å². The molecule has 0 unspecified atom stereocenters. The van der Waals surface area contributed by atoms with Crippen molar-refractivity contribution >= 4 is 34.1 Å². The summed E-state index contributed by atoms with van der Waals surface area (Å²) in [6.07, 6.45) is 0. The normalized spacial score (nSPS) is 10.8. The Morgan fingerprint density at radius 2 is 1.74 bits per heavy atom. The van der Waals surface area contributed by atoms with Crippen molar-refractivity contribution in [2.45, 2.75) is 20.8 Å². The first-order chi connectivity index (χ1) is 11.0. The number of amides is 1. The van der Waals surface area contributed by atoms with Gasteiger partial charge in [-0.3, -0.25) is 9.78 Å². The van der Waals surface area contributed by atoms with E-state index in [1.807, 2.05) is 63.2 Å². The van der Waals surface area contributed by atoms with E-state index in [-0.39, 0.29) is 5.91 Å². The summed E-state index contributed by atoms with van der Waals surface area (Å²) in [4.78, 5) is 17.0. The first kappa shape index (κ1) is 15.5. The average molecular weight is 325 g/mol. The molecule has 4 heteroatoms. The fraction of sp³-hybridized carbons (Fsp3) is 0.158. The van der Waals surface area contributed by atoms with Crippen LogP contribution in [0.5, 0.6) is 0 Å². The largest absolute Gasteiger partial charge is 0.321 e. The van der Waals surface area contributed by atoms with Crippen LogP contribution in [0.3, 0.4) is 0 Å². The van der Waals surface area contributed by atoms with Crippen molar-refractivity contribution in [2.24, 2.45) is 0 Å². The fourth-order valence-corrected chi connectivity index (χ4v) is 2.69. The van der Waals surface area contributed by atoms with Crippen molar-refractivity contribution in [3.8, 4) is 0 Å². The molecule has 0 bridgehead atoms. The number of fused-ring (bicyclic) bond motifs is 1. The Labute approximate surface area is 140 Å². The predicted molar refractivity (Wildman–Crippen MR) is 95.4 cm³/mol. The van der Waals surface area contributed by atoms with Gasteiger partial charge in [-0.05, 0) is 56.7 Å². The first-order valence-corrected chi connectivity index (χ1v) is 7.78. The van der Waals surface area contributed by atoms with E-state index in [4.69, 9.17) is 11.6 Å². The molecule has 0 radical (unpaired) electrons. The molecule has 3 nitrogen and oxygen atoms in total. The monoisotopic (exact) mass is 324 g/mol. The number of carbonyl (C=O) groups excluding carboxylic acids is 1. The smallest absolute Gasteiger partial charge is 0.255 e. The maximum absolute atomic E-state index is 12.5. The second-order valence-electron chi connectivity index (χ2n) is 5.70. The van der Waals surface area contributed by atoms with Gasteiger partial charge >= 0.3 is 0 Å². The van der Waals surface area contributed by atoms with Gasteiger partial charge in [0.15, 0.2) is 0 Å². The van der Waals surface area contributed by atoms with Crippen molar-refractivity contribution in [1.29, 1.82) is 0 Å². The van der Waals surface area contributed by atoms with E-state index in [2.05, 4.69) is 10.3 Å². The molecular weight excluding hydrogens is 308 g/mol. The summed E-state index contributed by atoms with van der Waals surface area (Å²) >= 11 is 6.18. The van der Waals surface area contributed by atoms with Gasteiger partial charge in [-0.1, -0.05) is 29.3 Å². The van der Waals surface area contributed by atoms with Crippen LogP contribution in [0.2, 0.25) is 5.02 Å². The summed E-state index contributed by atoms with van der Waals surface area (Å²) in [5, 5.41) is 4.55. The Hall–Kier alpha value is -2.39. The van der Waals surface area contributed by atoms with Crippen molar-refractivity contribution in [1.82, 2.24) is 4.98 Å². The van der Waals surface area contributed by atoms with Crippen LogP contribution in [-0.2, 0) is 0 Å². The second-order valence-corrected chi connectivity index (χ2v) is 6.11. The lowest BCUT2D eigenvalue weighted by Gasteiger charge is -2.12. The lowest BCUT2D eigenvalue weighted by molar-refractivity contribution is 0.102. The van der Waals surface area contributed by atoms with E-state index in [1.165, 1.54) is 0 Å². The number of rotatable bonds is 2. The molecule has 0 atom stereocenters. The van der Waals surface area contributed by atoms with Crippen LogP contribution in [0, 0.1) is 20.8 Å². The summed E-state index contributed by atoms with van der Waals surface area (Å²) in [5.41, 5.74) is 5.07. The quantitative estimate of drug-likeness (QED) is 0.715. The summed E-state index contributed by atoms with van der Waals surface area (Å²) in [7, 11) is 0. The number of nitrogens with zero attached hydrogens (tertiary/aromatic N) is 1. The van der Waals surface area contributed by atoms with Crippen molar-refractivity contribution < 1.29 is 4.79 Å². The molecule has 0 aliphatic carbocycles. The molecule has 0 aliphatic rings. The maximum Gasteiger partial charge on any atom is 0.255 e. The van der Waals surface area contributed by atoms with Gasteiger partial charge in [0, 0.05) is 21.7 Å². The van der Waals surface area contributed by atoms with Gasteiger partial charge in [0.05, 0.1) is 11.2 Å². The molecular formula is C19H17ClN2O. The molecule has 0 saturated heterocycles. The number of hydrogen-bond acceptors (Lipinski definition) is 2. The third-order valence-corrected chi connectivity index (χ3v) is 4.27. The SMILES string of the molecule is Cc1ccc(C(=O)Nc2cc(C)nc3c(C)c(Cl)ccc23)cc1. The van der Waals surface area contributed by atoms with E-state index in [1.54, 1.807) is 0 Å². The van der Waals surface area contributed by atoms with Gasteiger partial charge < -0.3 is 5.32 Å².